The van der Waals surface area contributed by atoms with Crippen LogP contribution in [0.3, 0.4) is 0 Å². The van der Waals surface area contributed by atoms with Gasteiger partial charge in [-0.2, -0.15) is 0 Å². The van der Waals surface area contributed by atoms with Gasteiger partial charge in [-0.05, 0) is 35.3 Å². The molecule has 0 aliphatic carbocycles. The van der Waals surface area contributed by atoms with Gasteiger partial charge in [0, 0.05) is 30.4 Å². The molecule has 0 aliphatic heterocycles. The molecule has 1 amide bonds. The minimum absolute atomic E-state index is 0.0458. The molecule has 1 rings (SSSR count). The first-order valence-electron chi connectivity index (χ1n) is 6.27. The standard InChI is InChI=1S/C13H20BrN3O2/c1-4-5-15-12-11(6-10(14)7-16-12)13(18)17-9(2)8-19-3/h6-7,9H,4-5,8H2,1-3H3,(H,15,16)(H,17,18). The van der Waals surface area contributed by atoms with E-state index in [1.807, 2.05) is 6.92 Å². The van der Waals surface area contributed by atoms with E-state index in [-0.39, 0.29) is 11.9 Å². The van der Waals surface area contributed by atoms with Crippen LogP contribution in [0.25, 0.3) is 0 Å². The van der Waals surface area contributed by atoms with Gasteiger partial charge >= 0.3 is 0 Å². The van der Waals surface area contributed by atoms with Crippen molar-refractivity contribution >= 4 is 27.7 Å². The lowest BCUT2D eigenvalue weighted by Crippen LogP contribution is -2.36. The van der Waals surface area contributed by atoms with Gasteiger partial charge in [0.1, 0.15) is 5.82 Å². The summed E-state index contributed by atoms with van der Waals surface area (Å²) in [6, 6.07) is 1.72. The van der Waals surface area contributed by atoms with Gasteiger partial charge in [-0.1, -0.05) is 6.92 Å². The number of anilines is 1. The molecule has 5 nitrogen and oxygen atoms in total. The zero-order valence-electron chi connectivity index (χ0n) is 11.5. The number of methoxy groups -OCH3 is 1. The second kappa shape index (κ2) is 8.12. The van der Waals surface area contributed by atoms with Crippen LogP contribution in [0.15, 0.2) is 16.7 Å². The van der Waals surface area contributed by atoms with Gasteiger partial charge in [0.2, 0.25) is 0 Å². The predicted octanol–water partition coefficient (Wildman–Crippen LogP) is 2.43. The summed E-state index contributed by atoms with van der Waals surface area (Å²) < 4.78 is 5.78. The number of nitrogens with zero attached hydrogens (tertiary/aromatic N) is 1. The molecule has 0 radical (unpaired) electrons. The molecule has 1 aromatic heterocycles. The van der Waals surface area contributed by atoms with Crippen molar-refractivity contribution in [3.05, 3.63) is 22.3 Å². The van der Waals surface area contributed by atoms with Crippen LogP contribution in [-0.4, -0.2) is 37.2 Å². The number of pyridine rings is 1. The second-order valence-corrected chi connectivity index (χ2v) is 5.22. The molecule has 0 spiro atoms. The Bertz CT molecular complexity index is 426. The molecule has 2 N–H and O–H groups in total. The van der Waals surface area contributed by atoms with E-state index in [1.54, 1.807) is 19.4 Å². The van der Waals surface area contributed by atoms with Crippen LogP contribution in [0.2, 0.25) is 0 Å². The van der Waals surface area contributed by atoms with E-state index in [4.69, 9.17) is 4.74 Å². The summed E-state index contributed by atoms with van der Waals surface area (Å²) in [4.78, 5) is 16.4. The van der Waals surface area contributed by atoms with E-state index in [0.29, 0.717) is 18.0 Å². The molecule has 6 heteroatoms. The quantitative estimate of drug-likeness (QED) is 0.806. The minimum Gasteiger partial charge on any atom is -0.383 e. The lowest BCUT2D eigenvalue weighted by Gasteiger charge is -2.15. The van der Waals surface area contributed by atoms with Gasteiger partial charge in [0.05, 0.1) is 12.2 Å². The monoisotopic (exact) mass is 329 g/mol. The van der Waals surface area contributed by atoms with Crippen LogP contribution in [0.4, 0.5) is 5.82 Å². The van der Waals surface area contributed by atoms with E-state index >= 15 is 0 Å². The van der Waals surface area contributed by atoms with Crippen molar-refractivity contribution in [2.45, 2.75) is 26.3 Å². The van der Waals surface area contributed by atoms with E-state index < -0.39 is 0 Å². The molecule has 1 heterocycles. The number of hydrogen-bond donors (Lipinski definition) is 2. The van der Waals surface area contributed by atoms with Crippen molar-refractivity contribution in [3.63, 3.8) is 0 Å². The third-order valence-corrected chi connectivity index (χ3v) is 2.87. The number of aromatic nitrogens is 1. The van der Waals surface area contributed by atoms with Gasteiger partial charge < -0.3 is 15.4 Å². The van der Waals surface area contributed by atoms with Crippen molar-refractivity contribution in [2.24, 2.45) is 0 Å². The van der Waals surface area contributed by atoms with Gasteiger partial charge in [0.25, 0.3) is 5.91 Å². The summed E-state index contributed by atoms with van der Waals surface area (Å²) in [5, 5.41) is 6.03. The Labute approximate surface area is 122 Å². The molecule has 1 aromatic rings. The highest BCUT2D eigenvalue weighted by molar-refractivity contribution is 9.10. The van der Waals surface area contributed by atoms with Crippen molar-refractivity contribution < 1.29 is 9.53 Å². The molecule has 0 aromatic carbocycles. The Morgan fingerprint density at radius 1 is 1.58 bits per heavy atom. The van der Waals surface area contributed by atoms with Crippen LogP contribution >= 0.6 is 15.9 Å². The Kier molecular flexibility index (Phi) is 6.80. The maximum absolute atomic E-state index is 12.2. The molecule has 19 heavy (non-hydrogen) atoms. The van der Waals surface area contributed by atoms with Crippen molar-refractivity contribution in [3.8, 4) is 0 Å². The molecule has 0 aliphatic rings. The van der Waals surface area contributed by atoms with E-state index in [2.05, 4.69) is 38.5 Å². The Morgan fingerprint density at radius 2 is 2.32 bits per heavy atom. The number of rotatable bonds is 7. The summed E-state index contributed by atoms with van der Waals surface area (Å²) in [6.45, 7) is 5.21. The Hall–Kier alpha value is -1.14. The predicted molar refractivity (Wildman–Crippen MR) is 79.5 cm³/mol. The van der Waals surface area contributed by atoms with Crippen molar-refractivity contribution in [1.29, 1.82) is 0 Å². The fraction of sp³-hybridized carbons (Fsp3) is 0.538. The topological polar surface area (TPSA) is 63.2 Å². The van der Waals surface area contributed by atoms with Gasteiger partial charge in [0.15, 0.2) is 0 Å². The molecule has 1 unspecified atom stereocenters. The first kappa shape index (κ1) is 15.9. The summed E-state index contributed by atoms with van der Waals surface area (Å²) in [6.07, 6.45) is 2.65. The first-order valence-corrected chi connectivity index (χ1v) is 7.07. The number of hydrogen-bond acceptors (Lipinski definition) is 4. The molecule has 0 saturated carbocycles. The molecule has 1 atom stereocenters. The van der Waals surface area contributed by atoms with Gasteiger partial charge in [-0.15, -0.1) is 0 Å². The summed E-state index contributed by atoms with van der Waals surface area (Å²) in [5.41, 5.74) is 0.533. The Morgan fingerprint density at radius 3 is 2.95 bits per heavy atom. The normalized spacial score (nSPS) is 12.0. The average Bonchev–Trinajstić information content (AvgIpc) is 2.37. The number of nitrogens with one attached hydrogen (secondary N) is 2. The summed E-state index contributed by atoms with van der Waals surface area (Å²) in [5.74, 6) is 0.448. The van der Waals surface area contributed by atoms with Crippen LogP contribution < -0.4 is 10.6 Å². The Balaban J connectivity index is 2.84. The van der Waals surface area contributed by atoms with Crippen LogP contribution in [-0.2, 0) is 4.74 Å². The third-order valence-electron chi connectivity index (χ3n) is 2.44. The summed E-state index contributed by atoms with van der Waals surface area (Å²) in [7, 11) is 1.61. The maximum Gasteiger partial charge on any atom is 0.255 e. The van der Waals surface area contributed by atoms with Gasteiger partial charge in [-0.3, -0.25) is 4.79 Å². The van der Waals surface area contributed by atoms with E-state index in [1.165, 1.54) is 0 Å². The third kappa shape index (κ3) is 5.16. The summed E-state index contributed by atoms with van der Waals surface area (Å²) >= 11 is 3.33. The lowest BCUT2D eigenvalue weighted by molar-refractivity contribution is 0.0906. The maximum atomic E-state index is 12.2. The highest BCUT2D eigenvalue weighted by Gasteiger charge is 2.15. The SMILES string of the molecule is CCCNc1ncc(Br)cc1C(=O)NC(C)COC. The van der Waals surface area contributed by atoms with E-state index in [0.717, 1.165) is 17.4 Å². The lowest BCUT2D eigenvalue weighted by atomic mass is 10.2. The second-order valence-electron chi connectivity index (χ2n) is 4.31. The number of ether oxygens (including phenoxy) is 1. The number of carbonyl (C=O) groups excluding carboxylic acids is 1. The fourth-order valence-electron chi connectivity index (χ4n) is 1.59. The highest BCUT2D eigenvalue weighted by Crippen LogP contribution is 2.18. The zero-order valence-corrected chi connectivity index (χ0v) is 13.1. The number of carbonyl (C=O) groups is 1. The smallest absolute Gasteiger partial charge is 0.255 e. The van der Waals surface area contributed by atoms with Crippen LogP contribution in [0.1, 0.15) is 30.6 Å². The van der Waals surface area contributed by atoms with Crippen LogP contribution in [0.5, 0.6) is 0 Å². The van der Waals surface area contributed by atoms with E-state index in [9.17, 15) is 4.79 Å². The largest absolute Gasteiger partial charge is 0.383 e. The molecule has 0 fully saturated rings. The highest BCUT2D eigenvalue weighted by atomic mass is 79.9. The fourth-order valence-corrected chi connectivity index (χ4v) is 1.92. The molecule has 0 bridgehead atoms. The number of amides is 1. The average molecular weight is 330 g/mol. The van der Waals surface area contributed by atoms with Crippen LogP contribution in [0, 0.1) is 0 Å². The molecular weight excluding hydrogens is 310 g/mol. The van der Waals surface area contributed by atoms with Crippen molar-refractivity contribution in [1.82, 2.24) is 10.3 Å². The molecule has 106 valence electrons. The van der Waals surface area contributed by atoms with Gasteiger partial charge in [-0.25, -0.2) is 4.98 Å². The zero-order chi connectivity index (χ0) is 14.3. The number of halogens is 1. The minimum atomic E-state index is -0.156. The molecular formula is C13H20BrN3O2. The molecule has 0 saturated heterocycles. The van der Waals surface area contributed by atoms with Crippen molar-refractivity contribution in [2.75, 3.05) is 25.6 Å². The first-order chi connectivity index (χ1) is 9.08.